The summed E-state index contributed by atoms with van der Waals surface area (Å²) < 4.78 is 0. The number of amides is 3. The van der Waals surface area contributed by atoms with Gasteiger partial charge in [0.1, 0.15) is 0 Å². The monoisotopic (exact) mass is 236 g/mol. The van der Waals surface area contributed by atoms with E-state index < -0.39 is 11.9 Å². The number of imide groups is 1. The Morgan fingerprint density at radius 2 is 1.69 bits per heavy atom. The first-order valence-corrected chi connectivity index (χ1v) is 5.09. The number of hydrogen-bond acceptors (Lipinski definition) is 3. The molecule has 16 heavy (non-hydrogen) atoms. The molecule has 1 rings (SSSR count). The van der Waals surface area contributed by atoms with Gasteiger partial charge in [-0.1, -0.05) is 29.9 Å². The maximum absolute atomic E-state index is 11.5. The number of thiocarbonyl (C=S) groups is 1. The van der Waals surface area contributed by atoms with Crippen molar-refractivity contribution in [1.29, 1.82) is 0 Å². The summed E-state index contributed by atoms with van der Waals surface area (Å²) in [5.74, 6) is -0.450. The molecule has 0 saturated carbocycles. The largest absolute Gasteiger partial charge is 0.326 e. The predicted octanol–water partition coefficient (Wildman–Crippen LogP) is 1.78. The van der Waals surface area contributed by atoms with Gasteiger partial charge in [-0.2, -0.15) is 0 Å². The molecule has 84 valence electrons. The van der Waals surface area contributed by atoms with E-state index in [1.165, 1.54) is 0 Å². The van der Waals surface area contributed by atoms with Crippen molar-refractivity contribution in [2.24, 2.45) is 0 Å². The van der Waals surface area contributed by atoms with E-state index in [-0.39, 0.29) is 0 Å². The molecule has 0 aliphatic rings. The van der Waals surface area contributed by atoms with Crippen molar-refractivity contribution in [3.8, 4) is 0 Å². The Bertz CT molecular complexity index is 426. The third-order valence-corrected chi connectivity index (χ3v) is 1.93. The zero-order valence-corrected chi connectivity index (χ0v) is 9.85. The third kappa shape index (κ3) is 3.78. The van der Waals surface area contributed by atoms with Crippen LogP contribution in [0.3, 0.4) is 0 Å². The Labute approximate surface area is 99.0 Å². The van der Waals surface area contributed by atoms with Crippen molar-refractivity contribution >= 4 is 29.1 Å². The van der Waals surface area contributed by atoms with Crippen LogP contribution < -0.4 is 10.6 Å². The number of carbonyl (C=O) groups excluding carboxylic acids is 2. The second kappa shape index (κ2) is 5.37. The van der Waals surface area contributed by atoms with Crippen LogP contribution in [0.4, 0.5) is 4.79 Å². The van der Waals surface area contributed by atoms with Gasteiger partial charge in [0.15, 0.2) is 0 Å². The van der Waals surface area contributed by atoms with Crippen LogP contribution in [-0.4, -0.2) is 16.9 Å². The first-order valence-electron chi connectivity index (χ1n) is 4.68. The minimum Gasteiger partial charge on any atom is -0.302 e. The quantitative estimate of drug-likeness (QED) is 0.731. The highest BCUT2D eigenvalue weighted by molar-refractivity contribution is 7.80. The van der Waals surface area contributed by atoms with Crippen molar-refractivity contribution in [2.45, 2.75) is 13.8 Å². The number of benzene rings is 1. The van der Waals surface area contributed by atoms with E-state index in [4.69, 9.17) is 0 Å². The molecule has 1 aromatic rings. The van der Waals surface area contributed by atoms with E-state index in [0.29, 0.717) is 10.6 Å². The summed E-state index contributed by atoms with van der Waals surface area (Å²) in [4.78, 5) is 23.0. The van der Waals surface area contributed by atoms with E-state index >= 15 is 0 Å². The summed E-state index contributed by atoms with van der Waals surface area (Å²) in [5, 5.41) is 4.49. The molecule has 0 aromatic heterocycles. The van der Waals surface area contributed by atoms with Crippen LogP contribution in [0.5, 0.6) is 0 Å². The average Bonchev–Trinajstić information content (AvgIpc) is 2.16. The summed E-state index contributed by atoms with van der Waals surface area (Å²) in [6, 6.07) is 6.30. The van der Waals surface area contributed by atoms with Crippen molar-refractivity contribution in [1.82, 2.24) is 10.6 Å². The van der Waals surface area contributed by atoms with E-state index in [1.807, 2.05) is 6.92 Å². The Kier molecular flexibility index (Phi) is 4.13. The maximum atomic E-state index is 11.5. The molecule has 0 aliphatic heterocycles. The van der Waals surface area contributed by atoms with Crippen LogP contribution in [-0.2, 0) is 0 Å². The van der Waals surface area contributed by atoms with Crippen LogP contribution in [0.25, 0.3) is 0 Å². The molecule has 4 nitrogen and oxygen atoms in total. The van der Waals surface area contributed by atoms with Crippen LogP contribution >= 0.6 is 12.2 Å². The van der Waals surface area contributed by atoms with Gasteiger partial charge in [0.25, 0.3) is 5.91 Å². The van der Waals surface area contributed by atoms with Gasteiger partial charge in [-0.05, 0) is 26.0 Å². The van der Waals surface area contributed by atoms with E-state index in [2.05, 4.69) is 22.9 Å². The fourth-order valence-electron chi connectivity index (χ4n) is 1.07. The van der Waals surface area contributed by atoms with Crippen molar-refractivity contribution in [3.63, 3.8) is 0 Å². The zero-order chi connectivity index (χ0) is 12.1. The Hall–Kier alpha value is -1.75. The molecule has 3 amide bonds. The predicted molar refractivity (Wildman–Crippen MR) is 65.4 cm³/mol. The first kappa shape index (κ1) is 12.3. The average molecular weight is 236 g/mol. The van der Waals surface area contributed by atoms with Crippen molar-refractivity contribution < 1.29 is 9.59 Å². The zero-order valence-electron chi connectivity index (χ0n) is 9.03. The number of rotatable bonds is 1. The van der Waals surface area contributed by atoms with Gasteiger partial charge in [0.05, 0.1) is 4.99 Å². The summed E-state index contributed by atoms with van der Waals surface area (Å²) in [6.07, 6.45) is 0. The van der Waals surface area contributed by atoms with Gasteiger partial charge in [-0.15, -0.1) is 0 Å². The summed E-state index contributed by atoms with van der Waals surface area (Å²) in [6.45, 7) is 3.48. The van der Waals surface area contributed by atoms with Gasteiger partial charge in [0.2, 0.25) is 0 Å². The van der Waals surface area contributed by atoms with Crippen molar-refractivity contribution in [3.05, 3.63) is 35.4 Å². The molecule has 2 N–H and O–H groups in total. The van der Waals surface area contributed by atoms with Gasteiger partial charge >= 0.3 is 6.03 Å². The van der Waals surface area contributed by atoms with Crippen LogP contribution in [0.2, 0.25) is 0 Å². The molecule has 0 spiro atoms. The minimum absolute atomic E-state index is 0.314. The fourth-order valence-corrected chi connectivity index (χ4v) is 1.16. The molecule has 5 heteroatoms. The Morgan fingerprint density at radius 3 is 2.19 bits per heavy atom. The van der Waals surface area contributed by atoms with Gasteiger partial charge in [-0.3, -0.25) is 10.1 Å². The molecular formula is C11H12N2O2S. The topological polar surface area (TPSA) is 58.2 Å². The lowest BCUT2D eigenvalue weighted by atomic mass is 10.1. The second-order valence-electron chi connectivity index (χ2n) is 3.33. The summed E-state index contributed by atoms with van der Waals surface area (Å²) >= 11 is 4.68. The minimum atomic E-state index is -0.613. The smallest absolute Gasteiger partial charge is 0.302 e. The standard InChI is InChI=1S/C11H12N2O2S/c1-7-3-5-9(6-4-7)10(14)13-11(15)12-8(2)16/h3-6H,1-2H3,(H2,12,13,14,15,16). The highest BCUT2D eigenvalue weighted by Gasteiger charge is 2.09. The van der Waals surface area contributed by atoms with Gasteiger partial charge < -0.3 is 5.32 Å². The molecule has 1 aromatic carbocycles. The molecular weight excluding hydrogens is 224 g/mol. The number of hydrogen-bond donors (Lipinski definition) is 2. The maximum Gasteiger partial charge on any atom is 0.326 e. The molecule has 0 heterocycles. The molecule has 0 unspecified atom stereocenters. The Morgan fingerprint density at radius 1 is 1.12 bits per heavy atom. The lowest BCUT2D eigenvalue weighted by Gasteiger charge is -2.05. The lowest BCUT2D eigenvalue weighted by molar-refractivity contribution is 0.0965. The number of urea groups is 1. The second-order valence-corrected chi connectivity index (χ2v) is 3.94. The number of aryl methyl sites for hydroxylation is 1. The number of carbonyl (C=O) groups is 2. The van der Waals surface area contributed by atoms with E-state index in [0.717, 1.165) is 5.56 Å². The number of nitrogens with one attached hydrogen (secondary N) is 2. The molecule has 0 radical (unpaired) electrons. The van der Waals surface area contributed by atoms with Crippen LogP contribution in [0.1, 0.15) is 22.8 Å². The molecule has 0 aliphatic carbocycles. The third-order valence-electron chi connectivity index (χ3n) is 1.83. The highest BCUT2D eigenvalue weighted by atomic mass is 32.1. The van der Waals surface area contributed by atoms with Crippen LogP contribution in [0, 0.1) is 6.92 Å². The fraction of sp³-hybridized carbons (Fsp3) is 0.182. The SMILES string of the molecule is CC(=S)NC(=O)NC(=O)c1ccc(C)cc1. The summed E-state index contributed by atoms with van der Waals surface area (Å²) in [7, 11) is 0. The molecule has 0 fully saturated rings. The van der Waals surface area contributed by atoms with Crippen molar-refractivity contribution in [2.75, 3.05) is 0 Å². The molecule has 0 bridgehead atoms. The molecule has 0 saturated heterocycles. The lowest BCUT2D eigenvalue weighted by Crippen LogP contribution is -2.40. The van der Waals surface area contributed by atoms with Gasteiger partial charge in [-0.25, -0.2) is 4.79 Å². The highest BCUT2D eigenvalue weighted by Crippen LogP contribution is 2.02. The van der Waals surface area contributed by atoms with E-state index in [9.17, 15) is 9.59 Å². The molecule has 0 atom stereocenters. The summed E-state index contributed by atoms with van der Waals surface area (Å²) in [5.41, 5.74) is 1.48. The van der Waals surface area contributed by atoms with E-state index in [1.54, 1.807) is 31.2 Å². The van der Waals surface area contributed by atoms with Crippen LogP contribution in [0.15, 0.2) is 24.3 Å². The normalized spacial score (nSPS) is 9.38. The Balaban J connectivity index is 2.62. The first-order chi connectivity index (χ1) is 7.49. The van der Waals surface area contributed by atoms with Gasteiger partial charge in [0, 0.05) is 5.56 Å².